The molecule has 26 heavy (non-hydrogen) atoms. The number of hydrogen-bond donors (Lipinski definition) is 1. The van der Waals surface area contributed by atoms with Crippen LogP contribution in [-0.4, -0.2) is 23.4 Å². The first-order valence-electron chi connectivity index (χ1n) is 7.89. The number of esters is 1. The Balaban J connectivity index is 2.07. The number of carbonyl (C=O) groups excluding carboxylic acids is 2. The van der Waals surface area contributed by atoms with Crippen molar-refractivity contribution < 1.29 is 24.0 Å². The van der Waals surface area contributed by atoms with Gasteiger partial charge < -0.3 is 15.2 Å². The zero-order valence-corrected chi connectivity index (χ0v) is 14.1. The first-order chi connectivity index (χ1) is 12.4. The van der Waals surface area contributed by atoms with Crippen LogP contribution in [0.15, 0.2) is 42.5 Å². The largest absolute Gasteiger partial charge is 0.494 e. The van der Waals surface area contributed by atoms with Crippen molar-refractivity contribution in [1.29, 1.82) is 0 Å². The fourth-order valence-corrected chi connectivity index (χ4v) is 2.14. The van der Waals surface area contributed by atoms with E-state index in [-0.39, 0.29) is 23.4 Å². The quantitative estimate of drug-likeness (QED) is 0.440. The van der Waals surface area contributed by atoms with Crippen LogP contribution in [0.5, 0.6) is 5.75 Å². The highest BCUT2D eigenvalue weighted by molar-refractivity contribution is 5.93. The van der Waals surface area contributed by atoms with Crippen LogP contribution in [0.1, 0.15) is 39.6 Å². The molecular weight excluding hydrogens is 340 g/mol. The molecule has 2 aromatic rings. The third-order valence-electron chi connectivity index (χ3n) is 3.49. The number of nitrogens with zero attached hydrogens (tertiary/aromatic N) is 1. The van der Waals surface area contributed by atoms with Gasteiger partial charge in [-0.15, -0.1) is 0 Å². The second-order valence-corrected chi connectivity index (χ2v) is 5.41. The summed E-state index contributed by atoms with van der Waals surface area (Å²) in [6, 6.07) is 10.2. The minimum absolute atomic E-state index is 0.00874. The first kappa shape index (κ1) is 18.9. The number of ether oxygens (including phenoxy) is 2. The van der Waals surface area contributed by atoms with E-state index in [0.29, 0.717) is 17.9 Å². The van der Waals surface area contributed by atoms with E-state index in [1.165, 1.54) is 12.1 Å². The minimum Gasteiger partial charge on any atom is -0.494 e. The summed E-state index contributed by atoms with van der Waals surface area (Å²) >= 11 is 0. The second-order valence-electron chi connectivity index (χ2n) is 5.41. The summed E-state index contributed by atoms with van der Waals surface area (Å²) in [5.41, 5.74) is 5.25. The van der Waals surface area contributed by atoms with Crippen LogP contribution in [0.4, 0.5) is 5.69 Å². The molecule has 8 nitrogen and oxygen atoms in total. The standard InChI is InChI=1S/C18H18N2O6/c1-2-9-25-15-7-5-12(6-8-15)18(22)26-11-14-4-3-13(17(19)21)10-16(14)20(23)24/h3-8,10H,2,9,11H2,1H3,(H2,19,21). The summed E-state index contributed by atoms with van der Waals surface area (Å²) in [5.74, 6) is -0.761. The van der Waals surface area contributed by atoms with Crippen molar-refractivity contribution in [2.75, 3.05) is 6.61 Å². The summed E-state index contributed by atoms with van der Waals surface area (Å²) in [5, 5.41) is 11.1. The maximum absolute atomic E-state index is 12.1. The van der Waals surface area contributed by atoms with E-state index >= 15 is 0 Å². The Morgan fingerprint density at radius 1 is 1.12 bits per heavy atom. The Morgan fingerprint density at radius 3 is 2.35 bits per heavy atom. The number of rotatable bonds is 8. The Kier molecular flexibility index (Phi) is 6.26. The maximum Gasteiger partial charge on any atom is 0.338 e. The van der Waals surface area contributed by atoms with Gasteiger partial charge in [0.25, 0.3) is 5.69 Å². The molecule has 0 saturated carbocycles. The average molecular weight is 358 g/mol. The lowest BCUT2D eigenvalue weighted by Gasteiger charge is -2.08. The average Bonchev–Trinajstić information content (AvgIpc) is 2.64. The summed E-state index contributed by atoms with van der Waals surface area (Å²) < 4.78 is 10.6. The van der Waals surface area contributed by atoms with Gasteiger partial charge in [0.05, 0.1) is 22.7 Å². The number of nitro benzene ring substituents is 1. The molecule has 136 valence electrons. The maximum atomic E-state index is 12.1. The predicted octanol–water partition coefficient (Wildman–Crippen LogP) is 2.84. The summed E-state index contributed by atoms with van der Waals surface area (Å²) in [6.45, 7) is 2.26. The molecule has 0 saturated heterocycles. The third kappa shape index (κ3) is 4.79. The molecule has 0 aliphatic heterocycles. The van der Waals surface area contributed by atoms with Gasteiger partial charge in [-0.2, -0.15) is 0 Å². The zero-order chi connectivity index (χ0) is 19.1. The normalized spacial score (nSPS) is 10.2. The number of primary amides is 1. The molecule has 0 aliphatic rings. The SMILES string of the molecule is CCCOc1ccc(C(=O)OCc2ccc(C(N)=O)cc2[N+](=O)[O-])cc1. The highest BCUT2D eigenvalue weighted by atomic mass is 16.6. The van der Waals surface area contributed by atoms with E-state index in [0.717, 1.165) is 12.5 Å². The van der Waals surface area contributed by atoms with Crippen molar-refractivity contribution in [3.05, 3.63) is 69.3 Å². The summed E-state index contributed by atoms with van der Waals surface area (Å²) in [7, 11) is 0. The lowest BCUT2D eigenvalue weighted by atomic mass is 10.1. The van der Waals surface area contributed by atoms with Gasteiger partial charge in [-0.1, -0.05) is 6.92 Å². The van der Waals surface area contributed by atoms with E-state index in [2.05, 4.69) is 0 Å². The van der Waals surface area contributed by atoms with Gasteiger partial charge in [0.2, 0.25) is 5.91 Å². The zero-order valence-electron chi connectivity index (χ0n) is 14.1. The molecule has 1 amide bonds. The Bertz CT molecular complexity index is 817. The fraction of sp³-hybridized carbons (Fsp3) is 0.222. The molecule has 0 bridgehead atoms. The van der Waals surface area contributed by atoms with E-state index in [1.807, 2.05) is 6.92 Å². The summed E-state index contributed by atoms with van der Waals surface area (Å²) in [4.78, 5) is 33.7. The molecule has 2 aromatic carbocycles. The fourth-order valence-electron chi connectivity index (χ4n) is 2.14. The van der Waals surface area contributed by atoms with Gasteiger partial charge in [0, 0.05) is 11.6 Å². The number of hydrogen-bond acceptors (Lipinski definition) is 6. The van der Waals surface area contributed by atoms with Crippen LogP contribution in [0, 0.1) is 10.1 Å². The van der Waals surface area contributed by atoms with Crippen LogP contribution in [0.2, 0.25) is 0 Å². The molecule has 0 radical (unpaired) electrons. The lowest BCUT2D eigenvalue weighted by molar-refractivity contribution is -0.385. The van der Waals surface area contributed by atoms with Gasteiger partial charge in [-0.05, 0) is 42.8 Å². The minimum atomic E-state index is -0.776. The highest BCUT2D eigenvalue weighted by Crippen LogP contribution is 2.22. The molecule has 0 heterocycles. The molecule has 0 aromatic heterocycles. The predicted molar refractivity (Wildman–Crippen MR) is 93.0 cm³/mol. The van der Waals surface area contributed by atoms with E-state index in [1.54, 1.807) is 24.3 Å². The number of nitro groups is 1. The Hall–Kier alpha value is -3.42. The lowest BCUT2D eigenvalue weighted by Crippen LogP contribution is -2.12. The monoisotopic (exact) mass is 358 g/mol. The Morgan fingerprint density at radius 2 is 1.77 bits per heavy atom. The molecular formula is C18H18N2O6. The van der Waals surface area contributed by atoms with Crippen molar-refractivity contribution in [2.24, 2.45) is 5.73 Å². The molecule has 0 unspecified atom stereocenters. The molecule has 2 N–H and O–H groups in total. The van der Waals surface area contributed by atoms with Crippen molar-refractivity contribution >= 4 is 17.6 Å². The van der Waals surface area contributed by atoms with Crippen molar-refractivity contribution in [3.63, 3.8) is 0 Å². The molecule has 0 aliphatic carbocycles. The number of amides is 1. The second kappa shape index (κ2) is 8.61. The molecule has 0 spiro atoms. The van der Waals surface area contributed by atoms with E-state index in [4.69, 9.17) is 15.2 Å². The molecule has 0 fully saturated rings. The number of benzene rings is 2. The van der Waals surface area contributed by atoms with Gasteiger partial charge >= 0.3 is 5.97 Å². The van der Waals surface area contributed by atoms with E-state index in [9.17, 15) is 19.7 Å². The van der Waals surface area contributed by atoms with Crippen LogP contribution in [-0.2, 0) is 11.3 Å². The van der Waals surface area contributed by atoms with Crippen molar-refractivity contribution in [3.8, 4) is 5.75 Å². The van der Waals surface area contributed by atoms with Crippen LogP contribution in [0.25, 0.3) is 0 Å². The van der Waals surface area contributed by atoms with Crippen LogP contribution < -0.4 is 10.5 Å². The van der Waals surface area contributed by atoms with Gasteiger partial charge in [0.1, 0.15) is 12.4 Å². The third-order valence-corrected chi connectivity index (χ3v) is 3.49. The van der Waals surface area contributed by atoms with Gasteiger partial charge in [-0.3, -0.25) is 14.9 Å². The number of nitrogens with two attached hydrogens (primary N) is 1. The van der Waals surface area contributed by atoms with Crippen LogP contribution in [0.3, 0.4) is 0 Å². The van der Waals surface area contributed by atoms with Gasteiger partial charge in [-0.25, -0.2) is 4.79 Å². The van der Waals surface area contributed by atoms with Crippen LogP contribution >= 0.6 is 0 Å². The van der Waals surface area contributed by atoms with Gasteiger partial charge in [0.15, 0.2) is 0 Å². The van der Waals surface area contributed by atoms with Crippen molar-refractivity contribution in [1.82, 2.24) is 0 Å². The molecule has 0 atom stereocenters. The smallest absolute Gasteiger partial charge is 0.338 e. The van der Waals surface area contributed by atoms with E-state index < -0.39 is 16.8 Å². The molecule has 2 rings (SSSR count). The first-order valence-corrected chi connectivity index (χ1v) is 7.89. The van der Waals surface area contributed by atoms with Crippen molar-refractivity contribution in [2.45, 2.75) is 20.0 Å². The summed E-state index contributed by atoms with van der Waals surface area (Å²) in [6.07, 6.45) is 0.872. The topological polar surface area (TPSA) is 122 Å². The molecule has 8 heteroatoms. The highest BCUT2D eigenvalue weighted by Gasteiger charge is 2.18. The Labute approximate surface area is 149 Å². The number of carbonyl (C=O) groups is 2.